The number of amides is 3. The summed E-state index contributed by atoms with van der Waals surface area (Å²) in [6, 6.07) is 0. The Morgan fingerprint density at radius 1 is 1.00 bits per heavy atom. The molecule has 0 aromatic heterocycles. The van der Waals surface area contributed by atoms with Crippen LogP contribution in [0.3, 0.4) is 0 Å². The van der Waals surface area contributed by atoms with Crippen molar-refractivity contribution in [2.24, 2.45) is 40.6 Å². The second-order valence-electron chi connectivity index (χ2n) is 7.87. The number of primary amides is 2. The molecule has 1 heterocycles. The van der Waals surface area contributed by atoms with E-state index in [2.05, 4.69) is 20.8 Å². The van der Waals surface area contributed by atoms with Gasteiger partial charge in [-0.3, -0.25) is 14.4 Å². The van der Waals surface area contributed by atoms with Crippen LogP contribution in [-0.4, -0.2) is 35.7 Å². The van der Waals surface area contributed by atoms with Crippen molar-refractivity contribution >= 4 is 17.7 Å². The van der Waals surface area contributed by atoms with Crippen LogP contribution >= 0.6 is 0 Å². The van der Waals surface area contributed by atoms with Gasteiger partial charge in [0.1, 0.15) is 0 Å². The fourth-order valence-corrected chi connectivity index (χ4v) is 4.35. The molecule has 1 saturated carbocycles. The van der Waals surface area contributed by atoms with Crippen molar-refractivity contribution in [2.45, 2.75) is 40.0 Å². The number of carbonyl (C=O) groups excluding carboxylic acids is 3. The highest BCUT2D eigenvalue weighted by molar-refractivity contribution is 5.89. The predicted octanol–water partition coefficient (Wildman–Crippen LogP) is 0.494. The van der Waals surface area contributed by atoms with Crippen molar-refractivity contribution in [3.05, 3.63) is 0 Å². The van der Waals surface area contributed by atoms with Crippen LogP contribution in [0, 0.1) is 29.1 Å². The molecule has 4 N–H and O–H groups in total. The number of carbonyl (C=O) groups is 3. The molecule has 6 heteroatoms. The molecule has 22 heavy (non-hydrogen) atoms. The first-order valence-corrected chi connectivity index (χ1v) is 7.98. The topological polar surface area (TPSA) is 106 Å². The third-order valence-electron chi connectivity index (χ3n) is 5.10. The molecule has 2 aliphatic rings. The Bertz CT molecular complexity index is 467. The highest BCUT2D eigenvalue weighted by atomic mass is 16.2. The average molecular weight is 309 g/mol. The molecule has 1 aliphatic heterocycles. The van der Waals surface area contributed by atoms with Gasteiger partial charge < -0.3 is 16.4 Å². The van der Waals surface area contributed by atoms with E-state index in [9.17, 15) is 14.4 Å². The molecule has 1 aliphatic carbocycles. The predicted molar refractivity (Wildman–Crippen MR) is 82.2 cm³/mol. The molecule has 6 nitrogen and oxygen atoms in total. The lowest BCUT2D eigenvalue weighted by molar-refractivity contribution is -0.138. The second kappa shape index (κ2) is 5.89. The van der Waals surface area contributed by atoms with E-state index in [1.165, 1.54) is 0 Å². The van der Waals surface area contributed by atoms with E-state index >= 15 is 0 Å². The zero-order valence-electron chi connectivity index (χ0n) is 13.7. The lowest BCUT2D eigenvalue weighted by Crippen LogP contribution is -2.41. The molecule has 0 aromatic rings. The van der Waals surface area contributed by atoms with Gasteiger partial charge in [0, 0.05) is 19.0 Å². The minimum absolute atomic E-state index is 0.0367. The maximum absolute atomic E-state index is 12.8. The number of hydrogen-bond donors (Lipinski definition) is 2. The van der Waals surface area contributed by atoms with Crippen LogP contribution in [0.5, 0.6) is 0 Å². The summed E-state index contributed by atoms with van der Waals surface area (Å²) in [6.07, 6.45) is 2.82. The lowest BCUT2D eigenvalue weighted by atomic mass is 9.67. The van der Waals surface area contributed by atoms with E-state index in [0.717, 1.165) is 19.3 Å². The zero-order chi connectivity index (χ0) is 16.7. The highest BCUT2D eigenvalue weighted by Gasteiger charge is 2.44. The monoisotopic (exact) mass is 309 g/mol. The molecule has 4 atom stereocenters. The Kier molecular flexibility index (Phi) is 4.49. The Labute approximate surface area is 131 Å². The van der Waals surface area contributed by atoms with E-state index in [4.69, 9.17) is 11.5 Å². The van der Waals surface area contributed by atoms with Crippen molar-refractivity contribution in [3.8, 4) is 0 Å². The van der Waals surface area contributed by atoms with Crippen molar-refractivity contribution in [1.82, 2.24) is 4.90 Å². The average Bonchev–Trinajstić information content (AvgIpc) is 2.80. The van der Waals surface area contributed by atoms with Crippen LogP contribution in [0.25, 0.3) is 0 Å². The second-order valence-corrected chi connectivity index (χ2v) is 7.87. The summed E-state index contributed by atoms with van der Waals surface area (Å²) in [4.78, 5) is 37.4. The Hall–Kier alpha value is -1.59. The fraction of sp³-hybridized carbons (Fsp3) is 0.812. The van der Waals surface area contributed by atoms with E-state index in [0.29, 0.717) is 5.92 Å². The van der Waals surface area contributed by atoms with Crippen molar-refractivity contribution in [1.29, 1.82) is 0 Å². The van der Waals surface area contributed by atoms with Crippen LogP contribution in [-0.2, 0) is 14.4 Å². The third-order valence-corrected chi connectivity index (χ3v) is 5.10. The van der Waals surface area contributed by atoms with Crippen LogP contribution < -0.4 is 11.5 Å². The van der Waals surface area contributed by atoms with Gasteiger partial charge in [0.2, 0.25) is 17.7 Å². The standard InChI is InChI=1S/C16H27N3O3/c1-9-4-10(6-16(2,3)5-9)15(22)19-7-11(13(17)20)12(8-19)14(18)21/h9-12H,4-8H2,1-3H3,(H2,17,20)(H2,18,21). The maximum Gasteiger partial charge on any atom is 0.225 e. The molecule has 4 unspecified atom stereocenters. The first-order chi connectivity index (χ1) is 10.1. The van der Waals surface area contributed by atoms with Gasteiger partial charge in [-0.2, -0.15) is 0 Å². The van der Waals surface area contributed by atoms with Crippen LogP contribution in [0.2, 0.25) is 0 Å². The van der Waals surface area contributed by atoms with Gasteiger partial charge in [-0.1, -0.05) is 20.8 Å². The smallest absolute Gasteiger partial charge is 0.225 e. The zero-order valence-corrected chi connectivity index (χ0v) is 13.7. The quantitative estimate of drug-likeness (QED) is 0.792. The molecule has 0 aromatic carbocycles. The van der Waals surface area contributed by atoms with E-state index < -0.39 is 23.7 Å². The third kappa shape index (κ3) is 3.42. The minimum atomic E-state index is -0.657. The minimum Gasteiger partial charge on any atom is -0.369 e. The molecule has 3 amide bonds. The van der Waals surface area contributed by atoms with Gasteiger partial charge in [0.15, 0.2) is 0 Å². The van der Waals surface area contributed by atoms with Crippen LogP contribution in [0.15, 0.2) is 0 Å². The molecular formula is C16H27N3O3. The molecule has 124 valence electrons. The summed E-state index contributed by atoms with van der Waals surface area (Å²) < 4.78 is 0. The van der Waals surface area contributed by atoms with E-state index in [1.807, 2.05) is 0 Å². The Morgan fingerprint density at radius 3 is 1.91 bits per heavy atom. The van der Waals surface area contributed by atoms with Gasteiger partial charge in [0.25, 0.3) is 0 Å². The first-order valence-electron chi connectivity index (χ1n) is 7.98. The Morgan fingerprint density at radius 2 is 1.50 bits per heavy atom. The largest absolute Gasteiger partial charge is 0.369 e. The number of nitrogens with zero attached hydrogens (tertiary/aromatic N) is 1. The molecule has 2 fully saturated rings. The number of likely N-dealkylation sites (tertiary alicyclic amines) is 1. The summed E-state index contributed by atoms with van der Waals surface area (Å²) >= 11 is 0. The van der Waals surface area contributed by atoms with Crippen LogP contribution in [0.1, 0.15) is 40.0 Å². The van der Waals surface area contributed by atoms with Crippen molar-refractivity contribution < 1.29 is 14.4 Å². The van der Waals surface area contributed by atoms with E-state index in [-0.39, 0.29) is 30.3 Å². The summed E-state index contributed by atoms with van der Waals surface area (Å²) in [6.45, 7) is 6.97. The van der Waals surface area contributed by atoms with Gasteiger partial charge >= 0.3 is 0 Å². The molecule has 1 saturated heterocycles. The number of nitrogens with two attached hydrogens (primary N) is 2. The number of hydrogen-bond acceptors (Lipinski definition) is 3. The normalized spacial score (nSPS) is 34.4. The molecule has 0 radical (unpaired) electrons. The summed E-state index contributed by atoms with van der Waals surface area (Å²) in [5, 5.41) is 0. The fourth-order valence-electron chi connectivity index (χ4n) is 4.35. The van der Waals surface area contributed by atoms with Crippen LogP contribution in [0.4, 0.5) is 0 Å². The molecule has 2 rings (SSSR count). The summed E-state index contributed by atoms with van der Waals surface area (Å²) in [7, 11) is 0. The molecule has 0 bridgehead atoms. The number of rotatable bonds is 3. The molecule has 0 spiro atoms. The van der Waals surface area contributed by atoms with Gasteiger partial charge in [0.05, 0.1) is 11.8 Å². The summed E-state index contributed by atoms with van der Waals surface area (Å²) in [5.74, 6) is -1.94. The van der Waals surface area contributed by atoms with Crippen molar-refractivity contribution in [3.63, 3.8) is 0 Å². The summed E-state index contributed by atoms with van der Waals surface area (Å²) in [5.41, 5.74) is 10.8. The Balaban J connectivity index is 2.10. The molecular weight excluding hydrogens is 282 g/mol. The van der Waals surface area contributed by atoms with Gasteiger partial charge in [-0.15, -0.1) is 0 Å². The SMILES string of the molecule is CC1CC(C(=O)N2CC(C(N)=O)C(C(N)=O)C2)CC(C)(C)C1. The maximum atomic E-state index is 12.8. The van der Waals surface area contributed by atoms with Gasteiger partial charge in [-0.05, 0) is 30.6 Å². The highest BCUT2D eigenvalue weighted by Crippen LogP contribution is 2.42. The van der Waals surface area contributed by atoms with Crippen molar-refractivity contribution in [2.75, 3.05) is 13.1 Å². The van der Waals surface area contributed by atoms with Gasteiger partial charge in [-0.25, -0.2) is 0 Å². The lowest BCUT2D eigenvalue weighted by Gasteiger charge is -2.39. The first kappa shape index (κ1) is 16.8. The van der Waals surface area contributed by atoms with E-state index in [1.54, 1.807) is 4.90 Å².